The molecule has 5 heterocycles. The second-order valence-electron chi connectivity index (χ2n) is 12.2. The van der Waals surface area contributed by atoms with E-state index in [1.165, 1.54) is 0 Å². The highest BCUT2D eigenvalue weighted by Gasteiger charge is 2.28. The number of methoxy groups -OCH3 is 3. The molecule has 1 aromatic carbocycles. The van der Waals surface area contributed by atoms with Gasteiger partial charge in [-0.1, -0.05) is 13.0 Å². The zero-order valence-corrected chi connectivity index (χ0v) is 28.1. The fraction of sp³-hybridized carbons (Fsp3) is 0.457. The van der Waals surface area contributed by atoms with Crippen LogP contribution in [-0.4, -0.2) is 109 Å². The molecule has 254 valence electrons. The van der Waals surface area contributed by atoms with Crippen LogP contribution in [0.5, 0.6) is 17.2 Å². The minimum Gasteiger partial charge on any atom is -0.493 e. The van der Waals surface area contributed by atoms with E-state index in [0.29, 0.717) is 67.1 Å². The van der Waals surface area contributed by atoms with Crippen LogP contribution in [0.4, 0.5) is 5.82 Å². The SMILES string of the molecule is CCN1CCN(C(=O)c2cc(-c3ccccn3)n[nH]2)CCC(=O)NCC2CCCN(C2)c2nc3cc(OC)c(OC)c(OC)c3cc2C1. The summed E-state index contributed by atoms with van der Waals surface area (Å²) >= 11 is 0. The Morgan fingerprint density at radius 2 is 1.85 bits per heavy atom. The number of hydrogen-bond acceptors (Lipinski definition) is 10. The number of pyridine rings is 2. The maximum Gasteiger partial charge on any atom is 0.271 e. The molecule has 0 spiro atoms. The summed E-state index contributed by atoms with van der Waals surface area (Å²) in [5, 5.41) is 11.2. The molecule has 3 aromatic heterocycles. The van der Waals surface area contributed by atoms with Crippen LogP contribution in [0.2, 0.25) is 0 Å². The van der Waals surface area contributed by atoms with E-state index >= 15 is 0 Å². The number of fused-ring (bicyclic) bond motifs is 5. The molecule has 1 unspecified atom stereocenters. The molecule has 0 aliphatic carbocycles. The summed E-state index contributed by atoms with van der Waals surface area (Å²) in [5.41, 5.74) is 3.43. The lowest BCUT2D eigenvalue weighted by molar-refractivity contribution is -0.121. The van der Waals surface area contributed by atoms with Crippen molar-refractivity contribution in [2.75, 3.05) is 72.0 Å². The second kappa shape index (κ2) is 14.9. The van der Waals surface area contributed by atoms with Crippen LogP contribution < -0.4 is 24.4 Å². The van der Waals surface area contributed by atoms with Gasteiger partial charge in [-0.2, -0.15) is 5.10 Å². The maximum absolute atomic E-state index is 13.9. The summed E-state index contributed by atoms with van der Waals surface area (Å²) < 4.78 is 17.2. The van der Waals surface area contributed by atoms with Crippen molar-refractivity contribution >= 4 is 28.5 Å². The van der Waals surface area contributed by atoms with Crippen LogP contribution in [0, 0.1) is 5.92 Å². The van der Waals surface area contributed by atoms with Crippen molar-refractivity contribution in [2.24, 2.45) is 5.92 Å². The average molecular weight is 657 g/mol. The number of amides is 2. The maximum atomic E-state index is 13.9. The Bertz CT molecular complexity index is 1750. The molecular weight excluding hydrogens is 612 g/mol. The molecule has 13 heteroatoms. The summed E-state index contributed by atoms with van der Waals surface area (Å²) in [4.78, 5) is 42.9. The summed E-state index contributed by atoms with van der Waals surface area (Å²) in [6.45, 7) is 7.01. The van der Waals surface area contributed by atoms with E-state index in [1.54, 1.807) is 38.5 Å². The van der Waals surface area contributed by atoms with Gasteiger partial charge in [-0.05, 0) is 49.6 Å². The van der Waals surface area contributed by atoms with Crippen molar-refractivity contribution in [1.29, 1.82) is 0 Å². The Balaban J connectivity index is 1.35. The molecule has 2 bridgehead atoms. The number of aromatic amines is 1. The van der Waals surface area contributed by atoms with Gasteiger partial charge in [-0.3, -0.25) is 24.6 Å². The highest BCUT2D eigenvalue weighted by atomic mass is 16.5. The van der Waals surface area contributed by atoms with Crippen LogP contribution in [0.3, 0.4) is 0 Å². The minimum atomic E-state index is -0.210. The van der Waals surface area contributed by atoms with Crippen LogP contribution in [0.15, 0.2) is 42.6 Å². The van der Waals surface area contributed by atoms with Crippen molar-refractivity contribution in [1.82, 2.24) is 35.3 Å². The monoisotopic (exact) mass is 656 g/mol. The summed E-state index contributed by atoms with van der Waals surface area (Å²) in [6.07, 6.45) is 3.92. The summed E-state index contributed by atoms with van der Waals surface area (Å²) in [7, 11) is 4.83. The number of anilines is 1. The van der Waals surface area contributed by atoms with Crippen molar-refractivity contribution < 1.29 is 23.8 Å². The Morgan fingerprint density at radius 1 is 1.00 bits per heavy atom. The van der Waals surface area contributed by atoms with Gasteiger partial charge in [0.2, 0.25) is 11.7 Å². The Kier molecular flexibility index (Phi) is 10.2. The zero-order chi connectivity index (χ0) is 33.6. The van der Waals surface area contributed by atoms with Gasteiger partial charge < -0.3 is 29.3 Å². The second-order valence-corrected chi connectivity index (χ2v) is 12.2. The Labute approximate surface area is 280 Å². The fourth-order valence-corrected chi connectivity index (χ4v) is 6.63. The summed E-state index contributed by atoms with van der Waals surface area (Å²) in [5.74, 6) is 2.55. The fourth-order valence-electron chi connectivity index (χ4n) is 6.63. The molecule has 4 aromatic rings. The van der Waals surface area contributed by atoms with Gasteiger partial charge in [-0.25, -0.2) is 4.98 Å². The van der Waals surface area contributed by atoms with E-state index in [-0.39, 0.29) is 24.2 Å². The number of likely N-dealkylation sites (N-methyl/N-ethyl adjacent to an activating group) is 1. The third-order valence-corrected chi connectivity index (χ3v) is 9.24. The molecule has 6 rings (SSSR count). The predicted molar refractivity (Wildman–Crippen MR) is 183 cm³/mol. The van der Waals surface area contributed by atoms with E-state index in [2.05, 4.69) is 43.3 Å². The van der Waals surface area contributed by atoms with E-state index in [0.717, 1.165) is 54.8 Å². The van der Waals surface area contributed by atoms with Crippen LogP contribution in [0.25, 0.3) is 22.3 Å². The molecule has 2 N–H and O–H groups in total. The number of H-pyrrole nitrogens is 1. The highest BCUT2D eigenvalue weighted by Crippen LogP contribution is 2.44. The van der Waals surface area contributed by atoms with Gasteiger partial charge in [0.05, 0.1) is 32.5 Å². The molecule has 2 aliphatic rings. The predicted octanol–water partition coefficient (Wildman–Crippen LogP) is 3.75. The van der Waals surface area contributed by atoms with Gasteiger partial charge >= 0.3 is 0 Å². The van der Waals surface area contributed by atoms with Crippen molar-refractivity contribution in [3.05, 3.63) is 53.9 Å². The van der Waals surface area contributed by atoms with Gasteiger partial charge in [0.25, 0.3) is 5.91 Å². The first-order valence-corrected chi connectivity index (χ1v) is 16.5. The normalized spacial score (nSPS) is 18.0. The van der Waals surface area contributed by atoms with Crippen LogP contribution >= 0.6 is 0 Å². The molecule has 1 fully saturated rings. The zero-order valence-electron chi connectivity index (χ0n) is 28.1. The average Bonchev–Trinajstić information content (AvgIpc) is 3.62. The summed E-state index contributed by atoms with van der Waals surface area (Å²) in [6, 6.07) is 11.3. The van der Waals surface area contributed by atoms with Crippen molar-refractivity contribution in [3.63, 3.8) is 0 Å². The third kappa shape index (κ3) is 7.01. The van der Waals surface area contributed by atoms with Crippen molar-refractivity contribution in [3.8, 4) is 28.6 Å². The molecular formula is C35H44N8O5. The van der Waals surface area contributed by atoms with Gasteiger partial charge in [-0.15, -0.1) is 0 Å². The number of benzene rings is 1. The largest absolute Gasteiger partial charge is 0.493 e. The van der Waals surface area contributed by atoms with Gasteiger partial charge in [0.15, 0.2) is 11.5 Å². The third-order valence-electron chi connectivity index (χ3n) is 9.24. The molecule has 0 saturated carbocycles. The number of nitrogens with zero attached hydrogens (tertiary/aromatic N) is 6. The number of carbonyl (C=O) groups is 2. The molecule has 0 radical (unpaired) electrons. The van der Waals surface area contributed by atoms with E-state index in [4.69, 9.17) is 19.2 Å². The lowest BCUT2D eigenvalue weighted by Crippen LogP contribution is -2.42. The first-order valence-electron chi connectivity index (χ1n) is 16.5. The number of nitrogens with one attached hydrogen (secondary N) is 2. The molecule has 2 amide bonds. The number of piperidine rings is 1. The topological polar surface area (TPSA) is 138 Å². The quantitative estimate of drug-likeness (QED) is 0.316. The smallest absolute Gasteiger partial charge is 0.271 e. The lowest BCUT2D eigenvalue weighted by atomic mass is 9.97. The molecule has 48 heavy (non-hydrogen) atoms. The number of carbonyl (C=O) groups excluding carboxylic acids is 2. The first-order chi connectivity index (χ1) is 23.4. The number of rotatable bonds is 6. The van der Waals surface area contributed by atoms with Crippen molar-refractivity contribution in [2.45, 2.75) is 32.7 Å². The Hall–Kier alpha value is -4.91. The molecule has 1 atom stereocenters. The number of ether oxygens (including phenoxy) is 3. The van der Waals surface area contributed by atoms with E-state index in [1.807, 2.05) is 24.3 Å². The van der Waals surface area contributed by atoms with E-state index in [9.17, 15) is 9.59 Å². The molecule has 13 nitrogen and oxygen atoms in total. The standard InChI is InChI=1S/C35H44N8O5/c1-5-41-15-16-42(35(45)29-18-28(39-40-29)26-10-6-7-12-36-26)14-11-31(44)37-20-23-9-8-13-43(21-23)34-24(22-41)17-25-27(38-34)19-30(46-2)33(48-4)32(25)47-3/h6-7,10,12,17-19,23H,5,8-9,11,13-16,20-22H2,1-4H3,(H,37,44)(H,39,40). The number of hydrogen-bond donors (Lipinski definition) is 2. The first kappa shape index (κ1) is 33.0. The van der Waals surface area contributed by atoms with Crippen LogP contribution in [0.1, 0.15) is 42.2 Å². The lowest BCUT2D eigenvalue weighted by Gasteiger charge is -2.35. The van der Waals surface area contributed by atoms with Crippen LogP contribution in [-0.2, 0) is 11.3 Å². The minimum absolute atomic E-state index is 0.0661. The van der Waals surface area contributed by atoms with Gasteiger partial charge in [0.1, 0.15) is 17.2 Å². The van der Waals surface area contributed by atoms with E-state index < -0.39 is 0 Å². The molecule has 2 aliphatic heterocycles. The Morgan fingerprint density at radius 3 is 2.60 bits per heavy atom. The molecule has 1 saturated heterocycles. The van der Waals surface area contributed by atoms with Gasteiger partial charge in [0, 0.05) is 75.4 Å². The highest BCUT2D eigenvalue weighted by molar-refractivity contribution is 5.94. The number of aromatic nitrogens is 4.